The largest absolute Gasteiger partial charge is 0.357 e. The minimum atomic E-state index is 0.241. The molecule has 2 fully saturated rings. The van der Waals surface area contributed by atoms with Crippen LogP contribution in [-0.2, 0) is 11.3 Å². The number of nitrogens with one attached hydrogen (secondary N) is 2. The van der Waals surface area contributed by atoms with E-state index in [0.29, 0.717) is 18.0 Å². The Kier molecular flexibility index (Phi) is 7.30. The molecule has 150 valence electrons. The van der Waals surface area contributed by atoms with Gasteiger partial charge in [0.1, 0.15) is 0 Å². The molecule has 28 heavy (non-hydrogen) atoms. The number of hydrogen-bond acceptors (Lipinski definition) is 3. The molecule has 1 aromatic rings. The number of guanidine groups is 1. The Labute approximate surface area is 168 Å². The fourth-order valence-corrected chi connectivity index (χ4v) is 4.05. The molecule has 0 aromatic heterocycles. The minimum Gasteiger partial charge on any atom is -0.357 e. The quantitative estimate of drug-likeness (QED) is 0.607. The fourth-order valence-electron chi connectivity index (χ4n) is 4.05. The van der Waals surface area contributed by atoms with Gasteiger partial charge in [0.05, 0.1) is 18.2 Å². The van der Waals surface area contributed by atoms with Crippen molar-refractivity contribution in [3.8, 4) is 6.07 Å². The summed E-state index contributed by atoms with van der Waals surface area (Å²) in [6.07, 6.45) is 6.73. The lowest BCUT2D eigenvalue weighted by Crippen LogP contribution is -2.45. The highest BCUT2D eigenvalue weighted by Gasteiger charge is 2.31. The molecule has 6 nitrogen and oxygen atoms in total. The molecular formula is C22H31N5O. The van der Waals surface area contributed by atoms with Crippen LogP contribution in [0.25, 0.3) is 0 Å². The molecule has 1 heterocycles. The summed E-state index contributed by atoms with van der Waals surface area (Å²) in [4.78, 5) is 19.5. The van der Waals surface area contributed by atoms with E-state index < -0.39 is 0 Å². The zero-order chi connectivity index (χ0) is 19.8. The van der Waals surface area contributed by atoms with Crippen molar-refractivity contribution in [1.82, 2.24) is 15.5 Å². The van der Waals surface area contributed by atoms with Gasteiger partial charge in [-0.15, -0.1) is 0 Å². The van der Waals surface area contributed by atoms with Crippen molar-refractivity contribution in [1.29, 1.82) is 5.26 Å². The van der Waals surface area contributed by atoms with Crippen LogP contribution in [0.1, 0.15) is 56.6 Å². The first kappa shape index (κ1) is 20.2. The normalized spacial score (nSPS) is 20.6. The lowest BCUT2D eigenvalue weighted by molar-refractivity contribution is -0.135. The molecule has 1 aliphatic heterocycles. The van der Waals surface area contributed by atoms with Gasteiger partial charge in [0.25, 0.3) is 0 Å². The molecule has 1 amide bonds. The Morgan fingerprint density at radius 1 is 1.21 bits per heavy atom. The van der Waals surface area contributed by atoms with E-state index in [1.807, 2.05) is 36.1 Å². The molecule has 2 N–H and O–H groups in total. The van der Waals surface area contributed by atoms with E-state index in [2.05, 4.69) is 21.7 Å². The van der Waals surface area contributed by atoms with Crippen molar-refractivity contribution in [2.75, 3.05) is 19.6 Å². The van der Waals surface area contributed by atoms with Gasteiger partial charge in [-0.1, -0.05) is 31.4 Å². The van der Waals surface area contributed by atoms with Gasteiger partial charge in [-0.2, -0.15) is 5.26 Å². The summed E-state index contributed by atoms with van der Waals surface area (Å²) in [5.74, 6) is 1.37. The molecule has 2 aliphatic rings. The maximum atomic E-state index is 12.7. The van der Waals surface area contributed by atoms with E-state index in [1.165, 1.54) is 19.3 Å². The van der Waals surface area contributed by atoms with Gasteiger partial charge >= 0.3 is 0 Å². The van der Waals surface area contributed by atoms with E-state index in [4.69, 9.17) is 5.26 Å². The monoisotopic (exact) mass is 381 g/mol. The number of benzene rings is 1. The van der Waals surface area contributed by atoms with E-state index in [-0.39, 0.29) is 12.0 Å². The summed E-state index contributed by atoms with van der Waals surface area (Å²) in [6, 6.07) is 9.88. The molecular weight excluding hydrogens is 350 g/mol. The lowest BCUT2D eigenvalue weighted by Gasteiger charge is -2.26. The molecule has 1 unspecified atom stereocenters. The maximum Gasteiger partial charge on any atom is 0.225 e. The van der Waals surface area contributed by atoms with Crippen molar-refractivity contribution < 1.29 is 4.79 Å². The first-order chi connectivity index (χ1) is 13.7. The second kappa shape index (κ2) is 10.1. The average molecular weight is 382 g/mol. The highest BCUT2D eigenvalue weighted by Crippen LogP contribution is 2.26. The molecule has 1 atom stereocenters. The maximum absolute atomic E-state index is 12.7. The zero-order valence-corrected chi connectivity index (χ0v) is 16.8. The van der Waals surface area contributed by atoms with E-state index in [9.17, 15) is 4.79 Å². The topological polar surface area (TPSA) is 80.5 Å². The van der Waals surface area contributed by atoms with Crippen molar-refractivity contribution in [3.63, 3.8) is 0 Å². The molecule has 1 saturated carbocycles. The van der Waals surface area contributed by atoms with E-state index >= 15 is 0 Å². The van der Waals surface area contributed by atoms with Gasteiger partial charge in [-0.3, -0.25) is 4.79 Å². The Morgan fingerprint density at radius 2 is 1.96 bits per heavy atom. The van der Waals surface area contributed by atoms with Crippen LogP contribution in [0.5, 0.6) is 0 Å². The number of carbonyl (C=O) groups is 1. The number of hydrogen-bond donors (Lipinski definition) is 2. The van der Waals surface area contributed by atoms with Crippen LogP contribution in [0.2, 0.25) is 0 Å². The van der Waals surface area contributed by atoms with E-state index in [0.717, 1.165) is 50.4 Å². The molecule has 6 heteroatoms. The summed E-state index contributed by atoms with van der Waals surface area (Å²) in [6.45, 7) is 4.99. The molecule has 0 bridgehead atoms. The van der Waals surface area contributed by atoms with Gasteiger partial charge in [-0.25, -0.2) is 4.99 Å². The van der Waals surface area contributed by atoms with Crippen LogP contribution in [0.15, 0.2) is 29.3 Å². The van der Waals surface area contributed by atoms with Crippen molar-refractivity contribution in [2.45, 2.75) is 58.0 Å². The second-order valence-electron chi connectivity index (χ2n) is 7.75. The number of amides is 1. The first-order valence-electron chi connectivity index (χ1n) is 10.5. The molecule has 1 aromatic carbocycles. The van der Waals surface area contributed by atoms with Crippen molar-refractivity contribution in [3.05, 3.63) is 35.4 Å². The summed E-state index contributed by atoms with van der Waals surface area (Å²) < 4.78 is 0. The average Bonchev–Trinajstić information content (AvgIpc) is 3.21. The van der Waals surface area contributed by atoms with Crippen molar-refractivity contribution >= 4 is 11.9 Å². The standard InChI is InChI=1S/C22H31N5O/c1-2-24-22(25-15-18-10-8-17(14-23)9-11-18)26-20-12-13-27(16-20)21(28)19-6-4-3-5-7-19/h8-11,19-20H,2-7,12-13,15-16H2,1H3,(H2,24,25,26). The Hall–Kier alpha value is -2.55. The van der Waals surface area contributed by atoms with Crippen LogP contribution < -0.4 is 10.6 Å². The predicted molar refractivity (Wildman–Crippen MR) is 111 cm³/mol. The van der Waals surface area contributed by atoms with Gasteiger partial charge < -0.3 is 15.5 Å². The smallest absolute Gasteiger partial charge is 0.225 e. The zero-order valence-electron chi connectivity index (χ0n) is 16.8. The third kappa shape index (κ3) is 5.48. The Balaban J connectivity index is 1.53. The van der Waals surface area contributed by atoms with Crippen LogP contribution in [0.4, 0.5) is 0 Å². The fraction of sp³-hybridized carbons (Fsp3) is 0.591. The third-order valence-electron chi connectivity index (χ3n) is 5.64. The molecule has 1 saturated heterocycles. The highest BCUT2D eigenvalue weighted by atomic mass is 16.2. The Morgan fingerprint density at radius 3 is 2.64 bits per heavy atom. The van der Waals surface area contributed by atoms with Gasteiger partial charge in [0.2, 0.25) is 5.91 Å². The number of nitrogens with zero attached hydrogens (tertiary/aromatic N) is 3. The number of likely N-dealkylation sites (tertiary alicyclic amines) is 1. The van der Waals surface area contributed by atoms with Gasteiger partial charge in [0, 0.05) is 31.6 Å². The van der Waals surface area contributed by atoms with Crippen LogP contribution in [0.3, 0.4) is 0 Å². The summed E-state index contributed by atoms with van der Waals surface area (Å²) >= 11 is 0. The molecule has 0 radical (unpaired) electrons. The van der Waals surface area contributed by atoms with Crippen LogP contribution in [-0.4, -0.2) is 42.4 Å². The number of nitriles is 1. The second-order valence-corrected chi connectivity index (χ2v) is 7.75. The van der Waals surface area contributed by atoms with Gasteiger partial charge in [0.15, 0.2) is 5.96 Å². The summed E-state index contributed by atoms with van der Waals surface area (Å²) in [7, 11) is 0. The molecule has 0 spiro atoms. The van der Waals surface area contributed by atoms with Crippen LogP contribution >= 0.6 is 0 Å². The van der Waals surface area contributed by atoms with Crippen LogP contribution in [0, 0.1) is 17.2 Å². The number of rotatable bonds is 5. The van der Waals surface area contributed by atoms with E-state index in [1.54, 1.807) is 0 Å². The summed E-state index contributed by atoms with van der Waals surface area (Å²) in [5.41, 5.74) is 1.73. The Bertz CT molecular complexity index is 715. The molecule has 1 aliphatic carbocycles. The third-order valence-corrected chi connectivity index (χ3v) is 5.64. The highest BCUT2D eigenvalue weighted by molar-refractivity contribution is 5.81. The predicted octanol–water partition coefficient (Wildman–Crippen LogP) is 2.79. The SMILES string of the molecule is CCNC(=NCc1ccc(C#N)cc1)NC1CCN(C(=O)C2CCCCC2)C1. The minimum absolute atomic E-state index is 0.241. The van der Waals surface area contributed by atoms with Crippen molar-refractivity contribution in [2.24, 2.45) is 10.9 Å². The number of aliphatic imine (C=N–C) groups is 1. The number of carbonyl (C=O) groups excluding carboxylic acids is 1. The lowest BCUT2D eigenvalue weighted by atomic mass is 9.88. The molecule has 3 rings (SSSR count). The first-order valence-corrected chi connectivity index (χ1v) is 10.5. The summed E-state index contributed by atoms with van der Waals surface area (Å²) in [5, 5.41) is 15.7. The van der Waals surface area contributed by atoms with Gasteiger partial charge in [-0.05, 0) is 43.9 Å².